The molecule has 1 N–H and O–H groups in total. The Morgan fingerprint density at radius 1 is 0.793 bits per heavy atom. The van der Waals surface area contributed by atoms with Crippen molar-refractivity contribution in [2.75, 3.05) is 7.11 Å². The minimum Gasteiger partial charge on any atom is -0.467 e. The molecular weight excluding hydrogens is 362 g/mol. The molecule has 0 aromatic heterocycles. The molecule has 29 heavy (non-hydrogen) atoms. The van der Waals surface area contributed by atoms with Gasteiger partial charge >= 0.3 is 5.97 Å². The van der Waals surface area contributed by atoms with Gasteiger partial charge in [0, 0.05) is 12.0 Å². The van der Waals surface area contributed by atoms with Crippen molar-refractivity contribution in [3.8, 4) is 0 Å². The third kappa shape index (κ3) is 3.83. The number of amides is 1. The predicted molar refractivity (Wildman–Crippen MR) is 115 cm³/mol. The summed E-state index contributed by atoms with van der Waals surface area (Å²) in [6.07, 6.45) is 0.352. The molecule has 0 bridgehead atoms. The SMILES string of the molecule is COC(=O)[C@@H](Cc1cccc2ccccc12)NC(=O)c1cccc2ccccc12. The summed E-state index contributed by atoms with van der Waals surface area (Å²) < 4.78 is 4.97. The van der Waals surface area contributed by atoms with E-state index in [2.05, 4.69) is 5.32 Å². The molecule has 0 saturated carbocycles. The Morgan fingerprint density at radius 2 is 1.38 bits per heavy atom. The van der Waals surface area contributed by atoms with Crippen LogP contribution in [0.15, 0.2) is 84.9 Å². The zero-order valence-electron chi connectivity index (χ0n) is 16.1. The zero-order chi connectivity index (χ0) is 20.2. The van der Waals surface area contributed by atoms with Gasteiger partial charge in [-0.25, -0.2) is 4.79 Å². The van der Waals surface area contributed by atoms with E-state index in [-0.39, 0.29) is 5.91 Å². The lowest BCUT2D eigenvalue weighted by Gasteiger charge is -2.18. The Balaban J connectivity index is 1.65. The van der Waals surface area contributed by atoms with Gasteiger partial charge in [0.25, 0.3) is 5.91 Å². The van der Waals surface area contributed by atoms with Gasteiger partial charge in [0.05, 0.1) is 7.11 Å². The fraction of sp³-hybridized carbons (Fsp3) is 0.120. The van der Waals surface area contributed by atoms with Crippen molar-refractivity contribution in [3.63, 3.8) is 0 Å². The number of nitrogens with one attached hydrogen (secondary N) is 1. The van der Waals surface area contributed by atoms with E-state index in [0.717, 1.165) is 27.1 Å². The smallest absolute Gasteiger partial charge is 0.328 e. The van der Waals surface area contributed by atoms with Gasteiger partial charge in [0.15, 0.2) is 0 Å². The van der Waals surface area contributed by atoms with Crippen LogP contribution in [-0.4, -0.2) is 25.0 Å². The van der Waals surface area contributed by atoms with E-state index >= 15 is 0 Å². The fourth-order valence-corrected chi connectivity index (χ4v) is 3.69. The van der Waals surface area contributed by atoms with Crippen molar-refractivity contribution in [1.82, 2.24) is 5.32 Å². The molecule has 0 fully saturated rings. The van der Waals surface area contributed by atoms with E-state index in [4.69, 9.17) is 4.74 Å². The molecule has 4 rings (SSSR count). The van der Waals surface area contributed by atoms with Crippen molar-refractivity contribution < 1.29 is 14.3 Å². The van der Waals surface area contributed by atoms with Crippen LogP contribution in [0, 0.1) is 0 Å². The predicted octanol–water partition coefficient (Wildman–Crippen LogP) is 4.51. The summed E-state index contributed by atoms with van der Waals surface area (Å²) in [6, 6.07) is 26.4. The molecular formula is C25H21NO3. The molecule has 0 aliphatic carbocycles. The number of hydrogen-bond acceptors (Lipinski definition) is 3. The molecule has 4 heteroatoms. The second-order valence-corrected chi connectivity index (χ2v) is 6.92. The molecule has 4 aromatic carbocycles. The third-order valence-corrected chi connectivity index (χ3v) is 5.13. The number of rotatable bonds is 5. The van der Waals surface area contributed by atoms with Crippen molar-refractivity contribution in [3.05, 3.63) is 96.1 Å². The minimum absolute atomic E-state index is 0.294. The maximum atomic E-state index is 13.0. The Labute approximate surface area is 169 Å². The molecule has 0 radical (unpaired) electrons. The van der Waals surface area contributed by atoms with Crippen LogP contribution in [0.3, 0.4) is 0 Å². The first-order chi connectivity index (χ1) is 14.2. The lowest BCUT2D eigenvalue weighted by atomic mass is 9.98. The lowest BCUT2D eigenvalue weighted by Crippen LogP contribution is -2.43. The minimum atomic E-state index is -0.780. The first-order valence-electron chi connectivity index (χ1n) is 9.50. The highest BCUT2D eigenvalue weighted by Crippen LogP contribution is 2.21. The molecule has 0 heterocycles. The largest absolute Gasteiger partial charge is 0.467 e. The normalized spacial score (nSPS) is 11.9. The van der Waals surface area contributed by atoms with E-state index in [9.17, 15) is 9.59 Å². The maximum absolute atomic E-state index is 13.0. The Hall–Kier alpha value is -3.66. The highest BCUT2D eigenvalue weighted by Gasteiger charge is 2.24. The molecule has 4 nitrogen and oxygen atoms in total. The number of methoxy groups -OCH3 is 1. The van der Waals surface area contributed by atoms with Crippen LogP contribution in [0.25, 0.3) is 21.5 Å². The molecule has 0 saturated heterocycles. The van der Waals surface area contributed by atoms with E-state index < -0.39 is 12.0 Å². The molecule has 1 atom stereocenters. The van der Waals surface area contributed by atoms with Crippen LogP contribution in [-0.2, 0) is 16.0 Å². The van der Waals surface area contributed by atoms with Crippen molar-refractivity contribution >= 4 is 33.4 Å². The second kappa shape index (κ2) is 8.15. The van der Waals surface area contributed by atoms with Gasteiger partial charge in [-0.05, 0) is 33.2 Å². The summed E-state index contributed by atoms with van der Waals surface area (Å²) in [5.41, 5.74) is 1.52. The number of carbonyl (C=O) groups is 2. The molecule has 144 valence electrons. The van der Waals surface area contributed by atoms with E-state index in [1.807, 2.05) is 78.9 Å². The summed E-state index contributed by atoms with van der Waals surface area (Å²) in [5.74, 6) is -0.760. The molecule has 0 aliphatic rings. The molecule has 4 aromatic rings. The quantitative estimate of drug-likeness (QED) is 0.516. The van der Waals surface area contributed by atoms with Gasteiger partial charge in [-0.1, -0.05) is 78.9 Å². The van der Waals surface area contributed by atoms with Crippen molar-refractivity contribution in [2.45, 2.75) is 12.5 Å². The summed E-state index contributed by atoms with van der Waals surface area (Å²) in [6.45, 7) is 0. The first-order valence-corrected chi connectivity index (χ1v) is 9.50. The molecule has 0 spiro atoms. The molecule has 1 amide bonds. The first kappa shape index (κ1) is 18.7. The van der Waals surface area contributed by atoms with Gasteiger partial charge < -0.3 is 10.1 Å². The third-order valence-electron chi connectivity index (χ3n) is 5.13. The topological polar surface area (TPSA) is 55.4 Å². The van der Waals surface area contributed by atoms with Crippen LogP contribution < -0.4 is 5.32 Å². The average Bonchev–Trinajstić information content (AvgIpc) is 2.77. The summed E-state index contributed by atoms with van der Waals surface area (Å²) in [7, 11) is 1.34. The van der Waals surface area contributed by atoms with Crippen LogP contribution >= 0.6 is 0 Å². The highest BCUT2D eigenvalue weighted by molar-refractivity contribution is 6.08. The van der Waals surface area contributed by atoms with E-state index in [1.165, 1.54) is 7.11 Å². The average molecular weight is 383 g/mol. The number of ether oxygens (including phenoxy) is 1. The number of hydrogen-bond donors (Lipinski definition) is 1. The van der Waals surface area contributed by atoms with Gasteiger partial charge in [0.1, 0.15) is 6.04 Å². The van der Waals surface area contributed by atoms with Gasteiger partial charge in [0.2, 0.25) is 0 Å². The number of benzene rings is 4. The Bertz CT molecular complexity index is 1190. The highest BCUT2D eigenvalue weighted by atomic mass is 16.5. The van der Waals surface area contributed by atoms with Crippen molar-refractivity contribution in [2.24, 2.45) is 0 Å². The van der Waals surface area contributed by atoms with Crippen LogP contribution in [0.5, 0.6) is 0 Å². The molecule has 0 aliphatic heterocycles. The molecule has 0 unspecified atom stereocenters. The Kier molecular flexibility index (Phi) is 5.25. The van der Waals surface area contributed by atoms with Gasteiger partial charge in [-0.3, -0.25) is 4.79 Å². The lowest BCUT2D eigenvalue weighted by molar-refractivity contribution is -0.142. The van der Waals surface area contributed by atoms with Gasteiger partial charge in [-0.15, -0.1) is 0 Å². The Morgan fingerprint density at radius 3 is 2.10 bits per heavy atom. The van der Waals surface area contributed by atoms with Gasteiger partial charge in [-0.2, -0.15) is 0 Å². The standard InChI is InChI=1S/C25H21NO3/c1-29-25(28)23(16-19-12-6-10-17-8-2-4-13-20(17)19)26-24(27)22-15-7-11-18-9-3-5-14-21(18)22/h2-15,23H,16H2,1H3,(H,26,27)/t23-/m1/s1. The number of fused-ring (bicyclic) bond motifs is 2. The van der Waals surface area contributed by atoms with Crippen LogP contribution in [0.4, 0.5) is 0 Å². The summed E-state index contributed by atoms with van der Waals surface area (Å²) in [4.78, 5) is 25.5. The zero-order valence-corrected chi connectivity index (χ0v) is 16.1. The summed E-state index contributed by atoms with van der Waals surface area (Å²) in [5, 5.41) is 6.85. The maximum Gasteiger partial charge on any atom is 0.328 e. The number of esters is 1. The van der Waals surface area contributed by atoms with Crippen LogP contribution in [0.2, 0.25) is 0 Å². The van der Waals surface area contributed by atoms with E-state index in [1.54, 1.807) is 6.07 Å². The number of carbonyl (C=O) groups excluding carboxylic acids is 2. The second-order valence-electron chi connectivity index (χ2n) is 6.92. The monoisotopic (exact) mass is 383 g/mol. The fourth-order valence-electron chi connectivity index (χ4n) is 3.69. The van der Waals surface area contributed by atoms with E-state index in [0.29, 0.717) is 12.0 Å². The summed E-state index contributed by atoms with van der Waals surface area (Å²) >= 11 is 0. The van der Waals surface area contributed by atoms with Crippen molar-refractivity contribution in [1.29, 1.82) is 0 Å². The van der Waals surface area contributed by atoms with Crippen LogP contribution in [0.1, 0.15) is 15.9 Å².